The molecule has 5 nitrogen and oxygen atoms in total. The number of benzene rings is 1. The van der Waals surface area contributed by atoms with Crippen molar-refractivity contribution in [1.82, 2.24) is 4.90 Å². The predicted molar refractivity (Wildman–Crippen MR) is 80.0 cm³/mol. The van der Waals surface area contributed by atoms with Gasteiger partial charge < -0.3 is 15.7 Å². The third kappa shape index (κ3) is 3.42. The lowest BCUT2D eigenvalue weighted by molar-refractivity contribution is -0.136. The van der Waals surface area contributed by atoms with Crippen LogP contribution in [0.3, 0.4) is 0 Å². The molecule has 0 aliphatic carbocycles. The first-order valence-electron chi connectivity index (χ1n) is 7.40. The van der Waals surface area contributed by atoms with Gasteiger partial charge in [0, 0.05) is 19.6 Å². The molecule has 1 atom stereocenters. The van der Waals surface area contributed by atoms with Gasteiger partial charge in [-0.15, -0.1) is 0 Å². The van der Waals surface area contributed by atoms with Crippen LogP contribution in [0.15, 0.2) is 18.2 Å². The number of nitrogens with zero attached hydrogens (tertiary/aromatic N) is 1. The molecule has 114 valence electrons. The zero-order chi connectivity index (χ0) is 15.4. The zero-order valence-corrected chi connectivity index (χ0v) is 12.3. The Hall–Kier alpha value is -1.88. The molecule has 21 heavy (non-hydrogen) atoms. The summed E-state index contributed by atoms with van der Waals surface area (Å²) in [5.41, 5.74) is 8.03. The summed E-state index contributed by atoms with van der Waals surface area (Å²) in [5.74, 6) is -0.975. The maximum atomic E-state index is 12.5. The fourth-order valence-corrected chi connectivity index (χ4v) is 2.83. The topological polar surface area (TPSA) is 83.6 Å². The molecule has 5 heteroatoms. The summed E-state index contributed by atoms with van der Waals surface area (Å²) >= 11 is 0. The number of nitrogens with two attached hydrogens (primary N) is 1. The van der Waals surface area contributed by atoms with Crippen molar-refractivity contribution in [2.75, 3.05) is 13.1 Å². The fourth-order valence-electron chi connectivity index (χ4n) is 2.83. The number of carbonyl (C=O) groups is 2. The van der Waals surface area contributed by atoms with Gasteiger partial charge in [0.2, 0.25) is 5.91 Å². The quantitative estimate of drug-likeness (QED) is 0.863. The Morgan fingerprint density at radius 1 is 1.38 bits per heavy atom. The number of carboxylic acids is 1. The largest absolute Gasteiger partial charge is 0.478 e. The highest BCUT2D eigenvalue weighted by atomic mass is 16.4. The number of carboxylic acid groups (broad SMARTS) is 1. The van der Waals surface area contributed by atoms with E-state index in [-0.39, 0.29) is 17.4 Å². The smallest absolute Gasteiger partial charge is 0.335 e. The molecular formula is C16H22N2O3. The number of fused-ring (bicyclic) bond motifs is 1. The van der Waals surface area contributed by atoms with E-state index in [1.807, 2.05) is 13.0 Å². The van der Waals surface area contributed by atoms with E-state index >= 15 is 0 Å². The second-order valence-corrected chi connectivity index (χ2v) is 5.52. The summed E-state index contributed by atoms with van der Waals surface area (Å²) in [4.78, 5) is 25.3. The molecule has 1 aromatic rings. The molecule has 0 aromatic heterocycles. The first-order chi connectivity index (χ1) is 10.1. The van der Waals surface area contributed by atoms with Crippen LogP contribution in [0.25, 0.3) is 0 Å². The van der Waals surface area contributed by atoms with Crippen LogP contribution in [0.1, 0.15) is 41.3 Å². The Balaban J connectivity index is 2.15. The van der Waals surface area contributed by atoms with E-state index in [0.29, 0.717) is 19.6 Å². The number of carbonyl (C=O) groups excluding carboxylic acids is 1. The Bertz CT molecular complexity index is 542. The van der Waals surface area contributed by atoms with Crippen LogP contribution in [0, 0.1) is 5.92 Å². The summed E-state index contributed by atoms with van der Waals surface area (Å²) in [7, 11) is 0. The van der Waals surface area contributed by atoms with Gasteiger partial charge in [0.15, 0.2) is 0 Å². The van der Waals surface area contributed by atoms with Gasteiger partial charge in [-0.1, -0.05) is 19.4 Å². The third-order valence-electron chi connectivity index (χ3n) is 4.05. The molecule has 1 amide bonds. The van der Waals surface area contributed by atoms with Crippen molar-refractivity contribution in [1.29, 1.82) is 0 Å². The standard InChI is InChI=1S/C16H22N2O3/c1-2-3-13(9-17)15(19)18-7-6-11-4-5-12(16(20)21)8-14(11)10-18/h4-5,8,13H,2-3,6-7,9-10,17H2,1H3,(H,20,21). The second kappa shape index (κ2) is 6.72. The first-order valence-corrected chi connectivity index (χ1v) is 7.40. The number of rotatable bonds is 5. The highest BCUT2D eigenvalue weighted by Crippen LogP contribution is 2.22. The Morgan fingerprint density at radius 2 is 2.14 bits per heavy atom. The molecule has 0 saturated heterocycles. The summed E-state index contributed by atoms with van der Waals surface area (Å²) in [6, 6.07) is 5.15. The van der Waals surface area contributed by atoms with Crippen molar-refractivity contribution in [3.05, 3.63) is 34.9 Å². The summed E-state index contributed by atoms with van der Waals surface area (Å²) in [6.45, 7) is 3.57. The zero-order valence-electron chi connectivity index (χ0n) is 12.3. The average Bonchev–Trinajstić information content (AvgIpc) is 2.50. The lowest BCUT2D eigenvalue weighted by Crippen LogP contribution is -2.42. The summed E-state index contributed by atoms with van der Waals surface area (Å²) in [5, 5.41) is 9.06. The maximum absolute atomic E-state index is 12.5. The van der Waals surface area contributed by atoms with E-state index in [9.17, 15) is 9.59 Å². The van der Waals surface area contributed by atoms with Crippen molar-refractivity contribution in [3.63, 3.8) is 0 Å². The minimum Gasteiger partial charge on any atom is -0.478 e. The van der Waals surface area contributed by atoms with Crippen molar-refractivity contribution in [3.8, 4) is 0 Å². The minimum atomic E-state index is -0.938. The molecule has 0 saturated carbocycles. The van der Waals surface area contributed by atoms with Gasteiger partial charge in [-0.3, -0.25) is 4.79 Å². The Kier molecular flexibility index (Phi) is 4.96. The van der Waals surface area contributed by atoms with Gasteiger partial charge in [0.1, 0.15) is 0 Å². The van der Waals surface area contributed by atoms with Crippen molar-refractivity contribution in [2.24, 2.45) is 11.7 Å². The van der Waals surface area contributed by atoms with Crippen LogP contribution in [-0.4, -0.2) is 35.0 Å². The highest BCUT2D eigenvalue weighted by Gasteiger charge is 2.26. The molecule has 1 aliphatic heterocycles. The van der Waals surface area contributed by atoms with Crippen LogP contribution in [0.4, 0.5) is 0 Å². The molecule has 1 heterocycles. The van der Waals surface area contributed by atoms with E-state index in [1.54, 1.807) is 17.0 Å². The molecule has 0 spiro atoms. The van der Waals surface area contributed by atoms with Gasteiger partial charge >= 0.3 is 5.97 Å². The van der Waals surface area contributed by atoms with Crippen molar-refractivity contribution >= 4 is 11.9 Å². The van der Waals surface area contributed by atoms with Crippen LogP contribution >= 0.6 is 0 Å². The molecular weight excluding hydrogens is 268 g/mol. The molecule has 0 fully saturated rings. The van der Waals surface area contributed by atoms with E-state index in [2.05, 4.69) is 0 Å². The molecule has 1 aliphatic rings. The number of hydrogen-bond donors (Lipinski definition) is 2. The van der Waals surface area contributed by atoms with Gasteiger partial charge in [-0.25, -0.2) is 4.79 Å². The lowest BCUT2D eigenvalue weighted by Gasteiger charge is -2.31. The van der Waals surface area contributed by atoms with Crippen LogP contribution in [0.5, 0.6) is 0 Å². The SMILES string of the molecule is CCCC(CN)C(=O)N1CCc2ccc(C(=O)O)cc2C1. The van der Waals surface area contributed by atoms with Gasteiger partial charge in [0.05, 0.1) is 11.5 Å². The van der Waals surface area contributed by atoms with E-state index in [0.717, 1.165) is 30.4 Å². The monoisotopic (exact) mass is 290 g/mol. The number of hydrogen-bond acceptors (Lipinski definition) is 3. The number of amides is 1. The minimum absolute atomic E-state index is 0.0886. The molecule has 2 rings (SSSR count). The predicted octanol–water partition coefficient (Wildman–Crippen LogP) is 1.64. The highest BCUT2D eigenvalue weighted by molar-refractivity contribution is 5.88. The van der Waals surface area contributed by atoms with Crippen molar-refractivity contribution in [2.45, 2.75) is 32.7 Å². The van der Waals surface area contributed by atoms with E-state index < -0.39 is 5.97 Å². The second-order valence-electron chi connectivity index (χ2n) is 5.52. The average molecular weight is 290 g/mol. The van der Waals surface area contributed by atoms with Crippen LogP contribution in [0.2, 0.25) is 0 Å². The third-order valence-corrected chi connectivity index (χ3v) is 4.05. The molecule has 3 N–H and O–H groups in total. The molecule has 1 aromatic carbocycles. The molecule has 0 radical (unpaired) electrons. The van der Waals surface area contributed by atoms with Gasteiger partial charge in [-0.05, 0) is 36.1 Å². The van der Waals surface area contributed by atoms with Gasteiger partial charge in [0.25, 0.3) is 0 Å². The Labute approximate surface area is 124 Å². The summed E-state index contributed by atoms with van der Waals surface area (Å²) in [6.07, 6.45) is 2.50. The number of aromatic carboxylic acids is 1. The van der Waals surface area contributed by atoms with Crippen LogP contribution < -0.4 is 5.73 Å². The molecule has 1 unspecified atom stereocenters. The summed E-state index contributed by atoms with van der Waals surface area (Å²) < 4.78 is 0. The van der Waals surface area contributed by atoms with Gasteiger partial charge in [-0.2, -0.15) is 0 Å². The Morgan fingerprint density at radius 3 is 2.76 bits per heavy atom. The first kappa shape index (κ1) is 15.5. The normalized spacial score (nSPS) is 15.4. The maximum Gasteiger partial charge on any atom is 0.335 e. The molecule has 0 bridgehead atoms. The van der Waals surface area contributed by atoms with Crippen molar-refractivity contribution < 1.29 is 14.7 Å². The van der Waals surface area contributed by atoms with E-state index in [1.165, 1.54) is 0 Å². The fraction of sp³-hybridized carbons (Fsp3) is 0.500. The van der Waals surface area contributed by atoms with Crippen LogP contribution in [-0.2, 0) is 17.8 Å². The van der Waals surface area contributed by atoms with E-state index in [4.69, 9.17) is 10.8 Å². The lowest BCUT2D eigenvalue weighted by atomic mass is 9.95.